The third kappa shape index (κ3) is 7.61. The second-order valence-corrected chi connectivity index (χ2v) is 10.1. The van der Waals surface area contributed by atoms with Crippen LogP contribution >= 0.6 is 0 Å². The number of halogens is 2. The highest BCUT2D eigenvalue weighted by Crippen LogP contribution is 2.35. The summed E-state index contributed by atoms with van der Waals surface area (Å²) in [5.41, 5.74) is -0.129. The highest BCUT2D eigenvalue weighted by molar-refractivity contribution is 6.05. The van der Waals surface area contributed by atoms with E-state index in [1.54, 1.807) is 59.0 Å². The van der Waals surface area contributed by atoms with E-state index in [1.807, 2.05) is 4.90 Å². The average molecular weight is 530 g/mol. The summed E-state index contributed by atoms with van der Waals surface area (Å²) in [6.07, 6.45) is 1.53. The van der Waals surface area contributed by atoms with Gasteiger partial charge in [-0.25, -0.2) is 13.6 Å². The first-order valence-corrected chi connectivity index (χ1v) is 12.3. The summed E-state index contributed by atoms with van der Waals surface area (Å²) in [5, 5.41) is 5.18. The molecule has 2 aromatic carbocycles. The van der Waals surface area contributed by atoms with E-state index in [4.69, 9.17) is 9.47 Å². The van der Waals surface area contributed by atoms with Crippen molar-refractivity contribution in [2.24, 2.45) is 5.92 Å². The summed E-state index contributed by atoms with van der Waals surface area (Å²) in [6, 6.07) is 8.58. The van der Waals surface area contributed by atoms with Crippen molar-refractivity contribution in [1.29, 1.82) is 0 Å². The fraction of sp³-hybridized carbons (Fsp3) is 0.393. The summed E-state index contributed by atoms with van der Waals surface area (Å²) < 4.78 is 40.4. The zero-order chi connectivity index (χ0) is 28.0. The summed E-state index contributed by atoms with van der Waals surface area (Å²) in [4.78, 5) is 38.9. The van der Waals surface area contributed by atoms with E-state index in [1.165, 1.54) is 0 Å². The molecule has 2 amide bonds. The molecular weight excluding hydrogens is 496 g/mol. The van der Waals surface area contributed by atoms with Gasteiger partial charge in [0.05, 0.1) is 23.9 Å². The van der Waals surface area contributed by atoms with Crippen LogP contribution in [0, 0.1) is 17.6 Å². The van der Waals surface area contributed by atoms with Crippen molar-refractivity contribution in [3.63, 3.8) is 0 Å². The van der Waals surface area contributed by atoms with Crippen molar-refractivity contribution in [2.75, 3.05) is 37.4 Å². The molecule has 1 fully saturated rings. The molecule has 204 valence electrons. The van der Waals surface area contributed by atoms with Gasteiger partial charge >= 0.3 is 12.1 Å². The maximum absolute atomic E-state index is 15.1. The van der Waals surface area contributed by atoms with Crippen LogP contribution in [-0.2, 0) is 19.1 Å². The van der Waals surface area contributed by atoms with Crippen molar-refractivity contribution in [3.05, 3.63) is 65.2 Å². The Morgan fingerprint density at radius 2 is 1.71 bits per heavy atom. The molecule has 0 radical (unpaired) electrons. The number of amides is 2. The summed E-state index contributed by atoms with van der Waals surface area (Å²) >= 11 is 0. The minimum atomic E-state index is -0.727. The van der Waals surface area contributed by atoms with Gasteiger partial charge in [-0.05, 0) is 70.6 Å². The van der Waals surface area contributed by atoms with E-state index in [2.05, 4.69) is 10.6 Å². The number of benzene rings is 2. The zero-order valence-corrected chi connectivity index (χ0v) is 22.1. The molecule has 0 aliphatic carbocycles. The van der Waals surface area contributed by atoms with Gasteiger partial charge in [0.25, 0.3) is 0 Å². The van der Waals surface area contributed by atoms with Gasteiger partial charge in [-0.15, -0.1) is 0 Å². The topological polar surface area (TPSA) is 97.0 Å². The van der Waals surface area contributed by atoms with Crippen molar-refractivity contribution >= 4 is 35.4 Å². The van der Waals surface area contributed by atoms with Crippen LogP contribution in [0.15, 0.2) is 42.5 Å². The number of anilines is 2. The molecular formula is C28H33F2N3O5. The summed E-state index contributed by atoms with van der Waals surface area (Å²) in [5.74, 6) is -3.61. The molecule has 2 unspecified atom stereocenters. The standard InChI is InChI=1S/C28H33F2N3O5/c1-6-37-26(35)20-16-33(5)15-19(20)18-14-21(29)17(13-22(18)30)11-12-25(34)31-23-9-7-8-10-24(23)32-27(36)38-28(2,3)4/h7-14,19-20H,6,15-16H2,1-5H3,(H,31,34)(H,32,36). The van der Waals surface area contributed by atoms with Gasteiger partial charge in [0.15, 0.2) is 0 Å². The first kappa shape index (κ1) is 28.8. The van der Waals surface area contributed by atoms with Gasteiger partial charge in [-0.2, -0.15) is 0 Å². The largest absolute Gasteiger partial charge is 0.466 e. The number of nitrogens with zero attached hydrogens (tertiary/aromatic N) is 1. The van der Waals surface area contributed by atoms with Gasteiger partial charge in [-0.3, -0.25) is 14.9 Å². The van der Waals surface area contributed by atoms with Crippen LogP contribution in [0.3, 0.4) is 0 Å². The number of hydrogen-bond donors (Lipinski definition) is 2. The van der Waals surface area contributed by atoms with Gasteiger partial charge < -0.3 is 19.7 Å². The van der Waals surface area contributed by atoms with Crippen LogP contribution < -0.4 is 10.6 Å². The molecule has 2 N–H and O–H groups in total. The Hall–Kier alpha value is -3.79. The van der Waals surface area contributed by atoms with E-state index in [0.29, 0.717) is 24.5 Å². The Balaban J connectivity index is 1.73. The highest BCUT2D eigenvalue weighted by Gasteiger charge is 2.39. The number of para-hydroxylation sites is 2. The molecule has 10 heteroatoms. The lowest BCUT2D eigenvalue weighted by atomic mass is 9.88. The minimum absolute atomic E-state index is 0.0913. The smallest absolute Gasteiger partial charge is 0.412 e. The number of carbonyl (C=O) groups is 3. The number of carbonyl (C=O) groups excluding carboxylic acids is 3. The molecule has 38 heavy (non-hydrogen) atoms. The molecule has 1 aliphatic rings. The van der Waals surface area contributed by atoms with Crippen LogP contribution in [0.4, 0.5) is 25.0 Å². The number of nitrogens with one attached hydrogen (secondary N) is 2. The van der Waals surface area contributed by atoms with Crippen molar-refractivity contribution < 1.29 is 32.6 Å². The van der Waals surface area contributed by atoms with Crippen LogP contribution in [-0.4, -0.2) is 55.2 Å². The van der Waals surface area contributed by atoms with Gasteiger partial charge in [0.2, 0.25) is 5.91 Å². The Bertz CT molecular complexity index is 1230. The number of likely N-dealkylation sites (tertiary alicyclic amines) is 1. The van der Waals surface area contributed by atoms with Gasteiger partial charge in [-0.1, -0.05) is 12.1 Å². The van der Waals surface area contributed by atoms with Crippen LogP contribution in [0.5, 0.6) is 0 Å². The molecule has 0 spiro atoms. The van der Waals surface area contributed by atoms with E-state index in [9.17, 15) is 18.8 Å². The highest BCUT2D eigenvalue weighted by atomic mass is 19.1. The van der Waals surface area contributed by atoms with Crippen molar-refractivity contribution in [2.45, 2.75) is 39.2 Å². The lowest BCUT2D eigenvalue weighted by molar-refractivity contribution is -0.148. The lowest BCUT2D eigenvalue weighted by Crippen LogP contribution is -2.27. The van der Waals surface area contributed by atoms with E-state index < -0.39 is 47.0 Å². The normalized spacial score (nSPS) is 17.9. The second-order valence-electron chi connectivity index (χ2n) is 10.1. The number of hydrogen-bond acceptors (Lipinski definition) is 6. The molecule has 3 rings (SSSR count). The SMILES string of the molecule is CCOC(=O)C1CN(C)CC1c1cc(F)c(C=CC(=O)Nc2ccccc2NC(=O)OC(C)(C)C)cc1F. The molecule has 8 nitrogen and oxygen atoms in total. The molecule has 0 saturated carbocycles. The van der Waals surface area contributed by atoms with Crippen molar-refractivity contribution in [3.8, 4) is 0 Å². The Morgan fingerprint density at radius 1 is 1.05 bits per heavy atom. The first-order chi connectivity index (χ1) is 17.9. The maximum Gasteiger partial charge on any atom is 0.412 e. The van der Waals surface area contributed by atoms with Crippen LogP contribution in [0.1, 0.15) is 44.7 Å². The van der Waals surface area contributed by atoms with Crippen molar-refractivity contribution in [1.82, 2.24) is 4.90 Å². The summed E-state index contributed by atoms with van der Waals surface area (Å²) in [6.45, 7) is 7.85. The molecule has 1 aliphatic heterocycles. The fourth-order valence-corrected chi connectivity index (χ4v) is 4.25. The second kappa shape index (κ2) is 12.2. The molecule has 1 saturated heterocycles. The van der Waals surface area contributed by atoms with E-state index >= 15 is 4.39 Å². The number of ether oxygens (including phenoxy) is 2. The monoisotopic (exact) mass is 529 g/mol. The van der Waals surface area contributed by atoms with Gasteiger partial charge in [0, 0.05) is 30.6 Å². The van der Waals surface area contributed by atoms with E-state index in [-0.39, 0.29) is 17.7 Å². The Kier molecular flexibility index (Phi) is 9.22. The molecule has 0 bridgehead atoms. The number of likely N-dealkylation sites (N-methyl/N-ethyl adjacent to an activating group) is 1. The third-order valence-corrected chi connectivity index (χ3v) is 5.84. The average Bonchev–Trinajstić information content (AvgIpc) is 3.21. The maximum atomic E-state index is 15.1. The lowest BCUT2D eigenvalue weighted by Gasteiger charge is -2.20. The first-order valence-electron chi connectivity index (χ1n) is 12.3. The fourth-order valence-electron chi connectivity index (χ4n) is 4.25. The molecule has 0 aromatic heterocycles. The molecule has 2 aromatic rings. The molecule has 1 heterocycles. The predicted molar refractivity (Wildman–Crippen MR) is 141 cm³/mol. The van der Waals surface area contributed by atoms with Gasteiger partial charge in [0.1, 0.15) is 17.2 Å². The zero-order valence-electron chi connectivity index (χ0n) is 22.1. The quantitative estimate of drug-likeness (QED) is 0.379. The van der Waals surface area contributed by atoms with Crippen LogP contribution in [0.25, 0.3) is 6.08 Å². The minimum Gasteiger partial charge on any atom is -0.466 e. The molecule has 2 atom stereocenters. The Labute approximate surface area is 221 Å². The Morgan fingerprint density at radius 3 is 2.34 bits per heavy atom. The van der Waals surface area contributed by atoms with Crippen LogP contribution in [0.2, 0.25) is 0 Å². The predicted octanol–water partition coefficient (Wildman–Crippen LogP) is 5.17. The third-order valence-electron chi connectivity index (χ3n) is 5.84. The van der Waals surface area contributed by atoms with E-state index in [0.717, 1.165) is 24.3 Å². The number of rotatable bonds is 7. The number of esters is 1. The summed E-state index contributed by atoms with van der Waals surface area (Å²) in [7, 11) is 1.80.